The van der Waals surface area contributed by atoms with Crippen molar-refractivity contribution in [3.63, 3.8) is 0 Å². The third-order valence-electron chi connectivity index (χ3n) is 3.16. The second-order valence-corrected chi connectivity index (χ2v) is 3.98. The number of nitrogens with one attached hydrogen (secondary N) is 1. The van der Waals surface area contributed by atoms with Gasteiger partial charge in [0.05, 0.1) is 5.92 Å². The molecule has 0 aliphatic carbocycles. The molecular formula is C9H17N3O. The maximum atomic E-state index is 11.1. The standard InChI is InChI=1S/C9H17N3O/c10-9(13)7-5-11-6-8(7)12-3-1-2-4-12/h7-8,11H,1-6H2,(H2,10,13). The summed E-state index contributed by atoms with van der Waals surface area (Å²) in [6.07, 6.45) is 2.53. The predicted molar refractivity (Wildman–Crippen MR) is 50.1 cm³/mol. The first-order valence-corrected chi connectivity index (χ1v) is 5.03. The zero-order chi connectivity index (χ0) is 9.26. The number of nitrogens with two attached hydrogens (primary N) is 1. The van der Waals surface area contributed by atoms with Crippen molar-refractivity contribution in [2.45, 2.75) is 18.9 Å². The summed E-state index contributed by atoms with van der Waals surface area (Å²) in [5.74, 6) is -0.125. The monoisotopic (exact) mass is 183 g/mol. The SMILES string of the molecule is NC(=O)C1CNCC1N1CCCC1. The number of hydrogen-bond acceptors (Lipinski definition) is 3. The summed E-state index contributed by atoms with van der Waals surface area (Å²) in [7, 11) is 0. The topological polar surface area (TPSA) is 58.4 Å². The minimum absolute atomic E-state index is 0.0260. The van der Waals surface area contributed by atoms with Gasteiger partial charge < -0.3 is 11.1 Å². The van der Waals surface area contributed by atoms with E-state index in [0.29, 0.717) is 6.04 Å². The molecule has 0 radical (unpaired) electrons. The molecule has 0 aromatic carbocycles. The molecule has 2 aliphatic heterocycles. The zero-order valence-corrected chi connectivity index (χ0v) is 7.83. The van der Waals surface area contributed by atoms with Crippen LogP contribution in [0.5, 0.6) is 0 Å². The highest BCUT2D eigenvalue weighted by Gasteiger charge is 2.36. The number of rotatable bonds is 2. The third-order valence-corrected chi connectivity index (χ3v) is 3.16. The van der Waals surface area contributed by atoms with E-state index in [1.807, 2.05) is 0 Å². The van der Waals surface area contributed by atoms with Gasteiger partial charge in [-0.2, -0.15) is 0 Å². The smallest absolute Gasteiger partial charge is 0.223 e. The summed E-state index contributed by atoms with van der Waals surface area (Å²) >= 11 is 0. The third kappa shape index (κ3) is 1.69. The van der Waals surface area contributed by atoms with Crippen molar-refractivity contribution in [3.05, 3.63) is 0 Å². The second kappa shape index (κ2) is 3.64. The molecule has 2 aliphatic rings. The number of likely N-dealkylation sites (tertiary alicyclic amines) is 1. The highest BCUT2D eigenvalue weighted by molar-refractivity contribution is 5.78. The summed E-state index contributed by atoms with van der Waals surface area (Å²) in [5, 5.41) is 3.24. The van der Waals surface area contributed by atoms with Crippen LogP contribution in [-0.2, 0) is 4.79 Å². The van der Waals surface area contributed by atoms with Crippen LogP contribution < -0.4 is 11.1 Å². The van der Waals surface area contributed by atoms with Crippen molar-refractivity contribution in [2.24, 2.45) is 11.7 Å². The molecule has 2 heterocycles. The lowest BCUT2D eigenvalue weighted by molar-refractivity contribution is -0.122. The van der Waals surface area contributed by atoms with Crippen LogP contribution in [0.3, 0.4) is 0 Å². The van der Waals surface area contributed by atoms with E-state index in [2.05, 4.69) is 10.2 Å². The highest BCUT2D eigenvalue weighted by Crippen LogP contribution is 2.20. The summed E-state index contributed by atoms with van der Waals surface area (Å²) in [4.78, 5) is 13.5. The molecule has 0 spiro atoms. The van der Waals surface area contributed by atoms with E-state index in [1.54, 1.807) is 0 Å². The quantitative estimate of drug-likeness (QED) is 0.586. The Morgan fingerprint density at radius 3 is 2.62 bits per heavy atom. The van der Waals surface area contributed by atoms with Gasteiger partial charge in [-0.05, 0) is 25.9 Å². The minimum atomic E-state index is -0.151. The Morgan fingerprint density at radius 2 is 2.00 bits per heavy atom. The molecule has 4 heteroatoms. The van der Waals surface area contributed by atoms with E-state index >= 15 is 0 Å². The van der Waals surface area contributed by atoms with Crippen molar-refractivity contribution in [1.82, 2.24) is 10.2 Å². The molecule has 0 aromatic heterocycles. The molecule has 3 N–H and O–H groups in total. The molecular weight excluding hydrogens is 166 g/mol. The van der Waals surface area contributed by atoms with Gasteiger partial charge in [0.1, 0.15) is 0 Å². The molecule has 4 nitrogen and oxygen atoms in total. The van der Waals surface area contributed by atoms with Crippen molar-refractivity contribution < 1.29 is 4.79 Å². The van der Waals surface area contributed by atoms with Gasteiger partial charge >= 0.3 is 0 Å². The summed E-state index contributed by atoms with van der Waals surface area (Å²) in [5.41, 5.74) is 5.35. The number of carbonyl (C=O) groups is 1. The number of hydrogen-bond donors (Lipinski definition) is 2. The molecule has 74 valence electrons. The van der Waals surface area contributed by atoms with Crippen LogP contribution in [-0.4, -0.2) is 43.0 Å². The van der Waals surface area contributed by atoms with Crippen LogP contribution >= 0.6 is 0 Å². The Hall–Kier alpha value is -0.610. The van der Waals surface area contributed by atoms with Gasteiger partial charge in [-0.25, -0.2) is 0 Å². The first kappa shape index (κ1) is 8.97. The van der Waals surface area contributed by atoms with Gasteiger partial charge in [0.2, 0.25) is 5.91 Å². The molecule has 2 rings (SSSR count). The van der Waals surface area contributed by atoms with Gasteiger partial charge in [0.25, 0.3) is 0 Å². The van der Waals surface area contributed by atoms with Crippen molar-refractivity contribution in [1.29, 1.82) is 0 Å². The van der Waals surface area contributed by atoms with E-state index in [4.69, 9.17) is 5.73 Å². The van der Waals surface area contributed by atoms with Gasteiger partial charge in [0.15, 0.2) is 0 Å². The molecule has 0 bridgehead atoms. The van der Waals surface area contributed by atoms with Gasteiger partial charge in [-0.15, -0.1) is 0 Å². The first-order valence-electron chi connectivity index (χ1n) is 5.03. The fourth-order valence-corrected chi connectivity index (χ4v) is 2.41. The van der Waals surface area contributed by atoms with Crippen LogP contribution in [0.1, 0.15) is 12.8 Å². The maximum Gasteiger partial charge on any atom is 0.223 e. The number of carbonyl (C=O) groups excluding carboxylic acids is 1. The van der Waals surface area contributed by atoms with Crippen molar-refractivity contribution in [3.8, 4) is 0 Å². The Kier molecular flexibility index (Phi) is 2.51. The van der Waals surface area contributed by atoms with E-state index in [9.17, 15) is 4.79 Å². The highest BCUT2D eigenvalue weighted by atomic mass is 16.1. The fraction of sp³-hybridized carbons (Fsp3) is 0.889. The zero-order valence-electron chi connectivity index (χ0n) is 7.83. The Bertz CT molecular complexity index is 201. The lowest BCUT2D eigenvalue weighted by Crippen LogP contribution is -2.43. The predicted octanol–water partition coefficient (Wildman–Crippen LogP) is -0.844. The van der Waals surface area contributed by atoms with E-state index in [-0.39, 0.29) is 11.8 Å². The minimum Gasteiger partial charge on any atom is -0.369 e. The molecule has 13 heavy (non-hydrogen) atoms. The van der Waals surface area contributed by atoms with Crippen LogP contribution in [0.2, 0.25) is 0 Å². The van der Waals surface area contributed by atoms with E-state index in [1.165, 1.54) is 12.8 Å². The van der Waals surface area contributed by atoms with Gasteiger partial charge in [0, 0.05) is 19.1 Å². The molecule has 2 fully saturated rings. The first-order chi connectivity index (χ1) is 6.29. The van der Waals surface area contributed by atoms with Crippen molar-refractivity contribution >= 4 is 5.91 Å². The second-order valence-electron chi connectivity index (χ2n) is 3.98. The van der Waals surface area contributed by atoms with Crippen LogP contribution in [0.25, 0.3) is 0 Å². The molecule has 0 saturated carbocycles. The van der Waals surface area contributed by atoms with Crippen molar-refractivity contribution in [2.75, 3.05) is 26.2 Å². The lowest BCUT2D eigenvalue weighted by atomic mass is 10.0. The summed E-state index contributed by atoms with van der Waals surface area (Å²) in [6, 6.07) is 0.361. The molecule has 1 amide bonds. The average Bonchev–Trinajstić information content (AvgIpc) is 2.74. The van der Waals surface area contributed by atoms with Gasteiger partial charge in [-0.3, -0.25) is 9.69 Å². The normalized spacial score (nSPS) is 35.4. The fourth-order valence-electron chi connectivity index (χ4n) is 2.41. The number of primary amides is 1. The molecule has 0 aromatic rings. The van der Waals surface area contributed by atoms with E-state index < -0.39 is 0 Å². The molecule has 2 atom stereocenters. The van der Waals surface area contributed by atoms with Crippen LogP contribution in [0.15, 0.2) is 0 Å². The molecule has 2 saturated heterocycles. The Morgan fingerprint density at radius 1 is 1.31 bits per heavy atom. The maximum absolute atomic E-state index is 11.1. The average molecular weight is 183 g/mol. The number of nitrogens with zero attached hydrogens (tertiary/aromatic N) is 1. The molecule has 2 unspecified atom stereocenters. The van der Waals surface area contributed by atoms with Crippen LogP contribution in [0, 0.1) is 5.92 Å². The van der Waals surface area contributed by atoms with Crippen LogP contribution in [0.4, 0.5) is 0 Å². The Labute approximate surface area is 78.5 Å². The lowest BCUT2D eigenvalue weighted by Gasteiger charge is -2.26. The van der Waals surface area contributed by atoms with Gasteiger partial charge in [-0.1, -0.05) is 0 Å². The summed E-state index contributed by atoms with van der Waals surface area (Å²) in [6.45, 7) is 3.95. The largest absolute Gasteiger partial charge is 0.369 e. The van der Waals surface area contributed by atoms with E-state index in [0.717, 1.165) is 26.2 Å². The Balaban J connectivity index is 2.00. The number of amides is 1. The summed E-state index contributed by atoms with van der Waals surface area (Å²) < 4.78 is 0.